The smallest absolute Gasteiger partial charge is 0.226 e. The van der Waals surface area contributed by atoms with Crippen molar-refractivity contribution in [2.75, 3.05) is 6.54 Å². The van der Waals surface area contributed by atoms with Gasteiger partial charge >= 0.3 is 0 Å². The number of hydrogen-bond acceptors (Lipinski definition) is 4. The fraction of sp³-hybridized carbons (Fsp3) is 0.444. The first kappa shape index (κ1) is 16.1. The van der Waals surface area contributed by atoms with Crippen molar-refractivity contribution in [2.45, 2.75) is 44.6 Å². The molecule has 0 bridgehead atoms. The van der Waals surface area contributed by atoms with Crippen molar-refractivity contribution in [3.63, 3.8) is 0 Å². The van der Waals surface area contributed by atoms with Crippen LogP contribution < -0.4 is 11.1 Å². The molecule has 4 nitrogen and oxygen atoms in total. The van der Waals surface area contributed by atoms with Gasteiger partial charge < -0.3 is 11.1 Å². The Hall–Kier alpha value is -1.72. The van der Waals surface area contributed by atoms with Crippen LogP contribution >= 0.6 is 11.3 Å². The molecule has 1 aromatic carbocycles. The molecule has 1 aliphatic rings. The Kier molecular flexibility index (Phi) is 4.78. The highest BCUT2D eigenvalue weighted by molar-refractivity contribution is 7.13. The van der Waals surface area contributed by atoms with Crippen molar-refractivity contribution >= 4 is 17.2 Å². The molecule has 0 saturated heterocycles. The Morgan fingerprint density at radius 3 is 2.87 bits per heavy atom. The summed E-state index contributed by atoms with van der Waals surface area (Å²) in [5.41, 5.74) is 8.83. The largest absolute Gasteiger partial charge is 0.349 e. The standard InChI is InChI=1S/C18H23N3OS/c1-13-5-4-6-14(9-13)17-20-15(11-23-17)10-16(22)21-18(12-19)7-2-3-8-18/h4-6,9,11H,2-3,7-8,10,12,19H2,1H3,(H,21,22). The lowest BCUT2D eigenvalue weighted by atomic mass is 9.97. The van der Waals surface area contributed by atoms with Crippen molar-refractivity contribution in [3.8, 4) is 10.6 Å². The number of benzene rings is 1. The van der Waals surface area contributed by atoms with Gasteiger partial charge in [0.2, 0.25) is 5.91 Å². The number of aromatic nitrogens is 1. The molecule has 1 heterocycles. The Morgan fingerprint density at radius 2 is 2.17 bits per heavy atom. The first-order chi connectivity index (χ1) is 11.1. The molecule has 122 valence electrons. The number of amides is 1. The average molecular weight is 329 g/mol. The molecule has 3 N–H and O–H groups in total. The van der Waals surface area contributed by atoms with E-state index in [4.69, 9.17) is 5.73 Å². The molecule has 1 aromatic heterocycles. The second-order valence-corrected chi connectivity index (χ2v) is 7.29. The van der Waals surface area contributed by atoms with Gasteiger partial charge in [0.15, 0.2) is 0 Å². The van der Waals surface area contributed by atoms with Gasteiger partial charge in [-0.1, -0.05) is 36.6 Å². The summed E-state index contributed by atoms with van der Waals surface area (Å²) in [4.78, 5) is 16.9. The van der Waals surface area contributed by atoms with Crippen LogP contribution in [0.25, 0.3) is 10.6 Å². The molecule has 1 amide bonds. The molecule has 1 aliphatic carbocycles. The number of aryl methyl sites for hydroxylation is 1. The van der Waals surface area contributed by atoms with Crippen molar-refractivity contribution in [1.29, 1.82) is 0 Å². The fourth-order valence-electron chi connectivity index (χ4n) is 3.24. The number of rotatable bonds is 5. The monoisotopic (exact) mass is 329 g/mol. The lowest BCUT2D eigenvalue weighted by Gasteiger charge is -2.28. The minimum atomic E-state index is -0.188. The molecule has 1 fully saturated rings. The van der Waals surface area contributed by atoms with Gasteiger partial charge in [0, 0.05) is 17.5 Å². The fourth-order valence-corrected chi connectivity index (χ4v) is 4.05. The van der Waals surface area contributed by atoms with E-state index in [0.717, 1.165) is 41.9 Å². The Bertz CT molecular complexity index is 689. The van der Waals surface area contributed by atoms with Crippen LogP contribution in [0.1, 0.15) is 36.9 Å². The van der Waals surface area contributed by atoms with Crippen LogP contribution in [0.4, 0.5) is 0 Å². The summed E-state index contributed by atoms with van der Waals surface area (Å²) in [5, 5.41) is 6.09. The Labute approximate surface area is 141 Å². The van der Waals surface area contributed by atoms with Gasteiger partial charge in [-0.15, -0.1) is 11.3 Å². The molecule has 3 rings (SSSR count). The van der Waals surface area contributed by atoms with Crippen molar-refractivity contribution in [1.82, 2.24) is 10.3 Å². The van der Waals surface area contributed by atoms with Crippen molar-refractivity contribution in [2.24, 2.45) is 5.73 Å². The van der Waals surface area contributed by atoms with E-state index in [1.807, 2.05) is 11.4 Å². The molecular weight excluding hydrogens is 306 g/mol. The van der Waals surface area contributed by atoms with Gasteiger partial charge in [0.25, 0.3) is 0 Å². The molecule has 0 unspecified atom stereocenters. The number of nitrogens with two attached hydrogens (primary N) is 1. The third-order valence-corrected chi connectivity index (χ3v) is 5.45. The van der Waals surface area contributed by atoms with Crippen LogP contribution in [0.5, 0.6) is 0 Å². The molecule has 23 heavy (non-hydrogen) atoms. The quantitative estimate of drug-likeness (QED) is 0.886. The number of carbonyl (C=O) groups is 1. The number of carbonyl (C=O) groups excluding carboxylic acids is 1. The third kappa shape index (κ3) is 3.79. The van der Waals surface area contributed by atoms with Gasteiger partial charge in [-0.05, 0) is 25.8 Å². The molecule has 5 heteroatoms. The minimum Gasteiger partial charge on any atom is -0.349 e. The lowest BCUT2D eigenvalue weighted by Crippen LogP contribution is -2.52. The van der Waals surface area contributed by atoms with Crippen LogP contribution in [0.15, 0.2) is 29.6 Å². The Morgan fingerprint density at radius 1 is 1.39 bits per heavy atom. The van der Waals surface area contributed by atoms with E-state index >= 15 is 0 Å². The van der Waals surface area contributed by atoms with Gasteiger partial charge in [-0.2, -0.15) is 0 Å². The number of thiazole rings is 1. The zero-order valence-corrected chi connectivity index (χ0v) is 14.3. The predicted molar refractivity (Wildman–Crippen MR) is 94.4 cm³/mol. The number of hydrogen-bond donors (Lipinski definition) is 2. The molecule has 0 radical (unpaired) electrons. The van der Waals surface area contributed by atoms with E-state index < -0.39 is 0 Å². The summed E-state index contributed by atoms with van der Waals surface area (Å²) in [6, 6.07) is 8.27. The maximum Gasteiger partial charge on any atom is 0.226 e. The topological polar surface area (TPSA) is 68.0 Å². The van der Waals surface area contributed by atoms with Gasteiger partial charge in [0.05, 0.1) is 17.7 Å². The highest BCUT2D eigenvalue weighted by Crippen LogP contribution is 2.29. The average Bonchev–Trinajstić information content (AvgIpc) is 3.17. The number of nitrogens with one attached hydrogen (secondary N) is 1. The minimum absolute atomic E-state index is 0.0263. The summed E-state index contributed by atoms with van der Waals surface area (Å²) >= 11 is 1.59. The maximum atomic E-state index is 12.3. The maximum absolute atomic E-state index is 12.3. The Balaban J connectivity index is 1.66. The SMILES string of the molecule is Cc1cccc(-c2nc(CC(=O)NC3(CN)CCCC3)cs2)c1. The summed E-state index contributed by atoms with van der Waals surface area (Å²) in [5.74, 6) is 0.0263. The molecule has 1 saturated carbocycles. The van der Waals surface area contributed by atoms with E-state index in [1.54, 1.807) is 11.3 Å². The van der Waals surface area contributed by atoms with E-state index in [2.05, 4.69) is 35.4 Å². The predicted octanol–water partition coefficient (Wildman–Crippen LogP) is 3.05. The summed E-state index contributed by atoms with van der Waals surface area (Å²) in [6.07, 6.45) is 4.59. The van der Waals surface area contributed by atoms with E-state index in [0.29, 0.717) is 13.0 Å². The van der Waals surface area contributed by atoms with Gasteiger partial charge in [0.1, 0.15) is 5.01 Å². The zero-order chi connectivity index (χ0) is 16.3. The lowest BCUT2D eigenvalue weighted by molar-refractivity contribution is -0.122. The molecule has 0 spiro atoms. The molecule has 0 atom stereocenters. The second kappa shape index (κ2) is 6.81. The summed E-state index contributed by atoms with van der Waals surface area (Å²) in [7, 11) is 0. The molecular formula is C18H23N3OS. The van der Waals surface area contributed by atoms with Gasteiger partial charge in [-0.25, -0.2) is 4.98 Å². The normalized spacial score (nSPS) is 16.4. The van der Waals surface area contributed by atoms with Crippen molar-refractivity contribution in [3.05, 3.63) is 40.9 Å². The van der Waals surface area contributed by atoms with Crippen molar-refractivity contribution < 1.29 is 4.79 Å². The van der Waals surface area contributed by atoms with Gasteiger partial charge in [-0.3, -0.25) is 4.79 Å². The number of nitrogens with zero attached hydrogens (tertiary/aromatic N) is 1. The summed E-state index contributed by atoms with van der Waals surface area (Å²) in [6.45, 7) is 2.59. The van der Waals surface area contributed by atoms with Crippen LogP contribution in [-0.4, -0.2) is 23.0 Å². The van der Waals surface area contributed by atoms with Crippen LogP contribution in [0, 0.1) is 6.92 Å². The van der Waals surface area contributed by atoms with E-state index in [1.165, 1.54) is 5.56 Å². The third-order valence-electron chi connectivity index (χ3n) is 4.51. The van der Waals surface area contributed by atoms with Crippen LogP contribution in [0.2, 0.25) is 0 Å². The van der Waals surface area contributed by atoms with Crippen LogP contribution in [0.3, 0.4) is 0 Å². The molecule has 0 aliphatic heterocycles. The first-order valence-corrected chi connectivity index (χ1v) is 9.01. The van der Waals surface area contributed by atoms with E-state index in [-0.39, 0.29) is 11.4 Å². The summed E-state index contributed by atoms with van der Waals surface area (Å²) < 4.78 is 0. The first-order valence-electron chi connectivity index (χ1n) is 8.13. The second-order valence-electron chi connectivity index (χ2n) is 6.43. The van der Waals surface area contributed by atoms with E-state index in [9.17, 15) is 4.79 Å². The highest BCUT2D eigenvalue weighted by Gasteiger charge is 2.33. The van der Waals surface area contributed by atoms with Crippen LogP contribution in [-0.2, 0) is 11.2 Å². The molecule has 2 aromatic rings. The highest BCUT2D eigenvalue weighted by atomic mass is 32.1. The zero-order valence-electron chi connectivity index (χ0n) is 13.5.